The minimum absolute atomic E-state index is 0.305. The van der Waals surface area contributed by atoms with E-state index in [2.05, 4.69) is 20.5 Å². The Morgan fingerprint density at radius 1 is 1.29 bits per heavy atom. The van der Waals surface area contributed by atoms with Crippen molar-refractivity contribution in [2.45, 2.75) is 33.3 Å². The summed E-state index contributed by atoms with van der Waals surface area (Å²) in [6.45, 7) is 10.5. The summed E-state index contributed by atoms with van der Waals surface area (Å²) in [5.41, 5.74) is 0.969. The number of hydrogen-bond acceptors (Lipinski definition) is 8. The molecule has 1 aliphatic rings. The first-order chi connectivity index (χ1) is 13.3. The van der Waals surface area contributed by atoms with Crippen LogP contribution in [0.4, 0.5) is 16.5 Å². The minimum atomic E-state index is -0.507. The van der Waals surface area contributed by atoms with E-state index in [1.807, 2.05) is 32.6 Å². The maximum atomic E-state index is 12.2. The van der Waals surface area contributed by atoms with Crippen molar-refractivity contribution in [1.82, 2.24) is 20.1 Å². The minimum Gasteiger partial charge on any atom is -0.444 e. The van der Waals surface area contributed by atoms with E-state index in [1.54, 1.807) is 17.2 Å². The van der Waals surface area contributed by atoms with Gasteiger partial charge in [-0.25, -0.2) is 9.78 Å². The van der Waals surface area contributed by atoms with Crippen LogP contribution < -0.4 is 10.2 Å². The monoisotopic (exact) mass is 408 g/mol. The SMILES string of the molecule is CCNc1cc(Cl)ncc1-c1nnc(N2CCN(C(=O)OC(C)(C)C)CC2)o1. The normalized spacial score (nSPS) is 14.9. The first-order valence-corrected chi connectivity index (χ1v) is 9.61. The number of pyridine rings is 1. The molecule has 0 aromatic carbocycles. The van der Waals surface area contributed by atoms with Gasteiger partial charge in [0.15, 0.2) is 0 Å². The lowest BCUT2D eigenvalue weighted by molar-refractivity contribution is 0.0239. The number of nitrogens with one attached hydrogen (secondary N) is 1. The van der Waals surface area contributed by atoms with E-state index in [0.29, 0.717) is 48.8 Å². The topological polar surface area (TPSA) is 96.6 Å². The lowest BCUT2D eigenvalue weighted by atomic mass is 10.2. The van der Waals surface area contributed by atoms with Gasteiger partial charge in [-0.1, -0.05) is 16.7 Å². The number of carbonyl (C=O) groups is 1. The summed E-state index contributed by atoms with van der Waals surface area (Å²) in [5, 5.41) is 11.9. The molecule has 2 aromatic heterocycles. The fraction of sp³-hybridized carbons (Fsp3) is 0.556. The maximum Gasteiger partial charge on any atom is 0.410 e. The third-order valence-corrected chi connectivity index (χ3v) is 4.29. The largest absolute Gasteiger partial charge is 0.444 e. The van der Waals surface area contributed by atoms with Crippen LogP contribution in [-0.4, -0.2) is 64.5 Å². The number of carbonyl (C=O) groups excluding carboxylic acids is 1. The molecule has 1 fully saturated rings. The molecule has 3 heterocycles. The second-order valence-electron chi connectivity index (χ2n) is 7.43. The van der Waals surface area contributed by atoms with Crippen LogP contribution in [0.3, 0.4) is 0 Å². The molecular formula is C18H25ClN6O3. The van der Waals surface area contributed by atoms with Crippen molar-refractivity contribution in [1.29, 1.82) is 0 Å². The second kappa shape index (κ2) is 8.22. The van der Waals surface area contributed by atoms with E-state index >= 15 is 0 Å². The molecule has 0 spiro atoms. The summed E-state index contributed by atoms with van der Waals surface area (Å²) in [4.78, 5) is 19.9. The molecule has 1 saturated heterocycles. The molecule has 10 heteroatoms. The fourth-order valence-electron chi connectivity index (χ4n) is 2.80. The summed E-state index contributed by atoms with van der Waals surface area (Å²) in [7, 11) is 0. The lowest BCUT2D eigenvalue weighted by Crippen LogP contribution is -2.50. The second-order valence-corrected chi connectivity index (χ2v) is 7.81. The van der Waals surface area contributed by atoms with Crippen molar-refractivity contribution in [3.63, 3.8) is 0 Å². The number of halogens is 1. The van der Waals surface area contributed by atoms with Crippen LogP contribution >= 0.6 is 11.6 Å². The Morgan fingerprint density at radius 2 is 2.00 bits per heavy atom. The van der Waals surface area contributed by atoms with Crippen molar-refractivity contribution >= 4 is 29.4 Å². The van der Waals surface area contributed by atoms with E-state index < -0.39 is 5.60 Å². The van der Waals surface area contributed by atoms with E-state index in [9.17, 15) is 4.79 Å². The van der Waals surface area contributed by atoms with E-state index in [0.717, 1.165) is 12.2 Å². The van der Waals surface area contributed by atoms with Gasteiger partial charge in [-0.2, -0.15) is 0 Å². The number of hydrogen-bond donors (Lipinski definition) is 1. The molecule has 152 valence electrons. The summed E-state index contributed by atoms with van der Waals surface area (Å²) >= 11 is 5.98. The fourth-order valence-corrected chi connectivity index (χ4v) is 2.95. The highest BCUT2D eigenvalue weighted by molar-refractivity contribution is 6.29. The Balaban J connectivity index is 1.67. The molecule has 0 atom stereocenters. The Morgan fingerprint density at radius 3 is 2.64 bits per heavy atom. The van der Waals surface area contributed by atoms with Crippen LogP contribution in [0.25, 0.3) is 11.5 Å². The number of piperazine rings is 1. The average molecular weight is 409 g/mol. The van der Waals surface area contributed by atoms with Crippen molar-refractivity contribution in [3.8, 4) is 11.5 Å². The summed E-state index contributed by atoms with van der Waals surface area (Å²) < 4.78 is 11.3. The molecule has 9 nitrogen and oxygen atoms in total. The molecule has 0 unspecified atom stereocenters. The van der Waals surface area contributed by atoms with Gasteiger partial charge in [-0.05, 0) is 33.8 Å². The van der Waals surface area contributed by atoms with Crippen molar-refractivity contribution in [2.75, 3.05) is 42.9 Å². The highest BCUT2D eigenvalue weighted by Gasteiger charge is 2.28. The standard InChI is InChI=1S/C18H25ClN6O3/c1-5-20-13-10-14(19)21-11-12(13)15-22-23-16(27-15)24-6-8-25(9-7-24)17(26)28-18(2,3)4/h10-11H,5-9H2,1-4H3,(H,20,21). The molecule has 3 rings (SSSR count). The number of nitrogens with zero attached hydrogens (tertiary/aromatic N) is 5. The predicted octanol–water partition coefficient (Wildman–Crippen LogP) is 3.27. The lowest BCUT2D eigenvalue weighted by Gasteiger charge is -2.34. The third-order valence-electron chi connectivity index (χ3n) is 4.08. The molecule has 1 amide bonds. The van der Waals surface area contributed by atoms with Crippen LogP contribution in [0, 0.1) is 0 Å². The molecular weight excluding hydrogens is 384 g/mol. The van der Waals surface area contributed by atoms with E-state index in [-0.39, 0.29) is 6.09 Å². The van der Waals surface area contributed by atoms with Gasteiger partial charge in [0.2, 0.25) is 0 Å². The third kappa shape index (κ3) is 4.83. The smallest absolute Gasteiger partial charge is 0.410 e. The number of anilines is 2. The van der Waals surface area contributed by atoms with Crippen LogP contribution in [-0.2, 0) is 4.74 Å². The van der Waals surface area contributed by atoms with Crippen LogP contribution in [0.15, 0.2) is 16.7 Å². The van der Waals surface area contributed by atoms with Crippen LogP contribution in [0.5, 0.6) is 0 Å². The molecule has 0 radical (unpaired) electrons. The van der Waals surface area contributed by atoms with Gasteiger partial charge in [0.25, 0.3) is 5.89 Å². The zero-order chi connectivity index (χ0) is 20.3. The maximum absolute atomic E-state index is 12.2. The molecule has 0 saturated carbocycles. The molecule has 28 heavy (non-hydrogen) atoms. The Hall–Kier alpha value is -2.55. The first-order valence-electron chi connectivity index (χ1n) is 9.23. The zero-order valence-electron chi connectivity index (χ0n) is 16.5. The number of amides is 1. The Kier molecular flexibility index (Phi) is 5.93. The number of aromatic nitrogens is 3. The highest BCUT2D eigenvalue weighted by Crippen LogP contribution is 2.30. The Labute approximate surface area is 169 Å². The highest BCUT2D eigenvalue weighted by atomic mass is 35.5. The number of rotatable bonds is 4. The Bertz CT molecular complexity index is 827. The number of ether oxygens (including phenoxy) is 1. The van der Waals surface area contributed by atoms with Crippen LogP contribution in [0.2, 0.25) is 5.15 Å². The van der Waals surface area contributed by atoms with Crippen LogP contribution in [0.1, 0.15) is 27.7 Å². The zero-order valence-corrected chi connectivity index (χ0v) is 17.3. The molecule has 0 bridgehead atoms. The summed E-state index contributed by atoms with van der Waals surface area (Å²) in [6.07, 6.45) is 1.30. The van der Waals surface area contributed by atoms with Gasteiger partial charge >= 0.3 is 12.1 Å². The van der Waals surface area contributed by atoms with Gasteiger partial charge < -0.3 is 24.3 Å². The summed E-state index contributed by atoms with van der Waals surface area (Å²) in [6, 6.07) is 2.14. The van der Waals surface area contributed by atoms with E-state index in [1.165, 1.54) is 0 Å². The van der Waals surface area contributed by atoms with Gasteiger partial charge in [-0.3, -0.25) is 0 Å². The van der Waals surface area contributed by atoms with E-state index in [4.69, 9.17) is 20.8 Å². The quantitative estimate of drug-likeness (QED) is 0.770. The summed E-state index contributed by atoms with van der Waals surface area (Å²) in [5.74, 6) is 0.365. The van der Waals surface area contributed by atoms with Gasteiger partial charge in [0, 0.05) is 38.9 Å². The van der Waals surface area contributed by atoms with Crippen molar-refractivity contribution < 1.29 is 13.9 Å². The van der Waals surface area contributed by atoms with Crippen molar-refractivity contribution in [3.05, 3.63) is 17.4 Å². The predicted molar refractivity (Wildman–Crippen MR) is 107 cm³/mol. The van der Waals surface area contributed by atoms with Gasteiger partial charge in [-0.15, -0.1) is 5.10 Å². The molecule has 2 aromatic rings. The molecule has 1 aliphatic heterocycles. The first kappa shape index (κ1) is 20.2. The van der Waals surface area contributed by atoms with Gasteiger partial charge in [0.05, 0.1) is 11.3 Å². The molecule has 0 aliphatic carbocycles. The van der Waals surface area contributed by atoms with Crippen molar-refractivity contribution in [2.24, 2.45) is 0 Å². The molecule has 1 N–H and O–H groups in total. The van der Waals surface area contributed by atoms with Gasteiger partial charge in [0.1, 0.15) is 10.8 Å². The average Bonchev–Trinajstić information content (AvgIpc) is 3.11.